The number of quaternary nitrogens is 1. The van der Waals surface area contributed by atoms with Crippen molar-refractivity contribution in [3.8, 4) is 0 Å². The molecule has 2 bridgehead atoms. The lowest BCUT2D eigenvalue weighted by Crippen LogP contribution is -2.53. The molecule has 0 spiro atoms. The van der Waals surface area contributed by atoms with Gasteiger partial charge in [0.05, 0.1) is 13.1 Å². The van der Waals surface area contributed by atoms with Crippen molar-refractivity contribution in [3.63, 3.8) is 0 Å². The first kappa shape index (κ1) is 12.2. The van der Waals surface area contributed by atoms with Crippen LogP contribution in [0.3, 0.4) is 0 Å². The molecule has 18 heavy (non-hydrogen) atoms. The first-order valence-electron chi connectivity index (χ1n) is 7.29. The summed E-state index contributed by atoms with van der Waals surface area (Å²) in [6.45, 7) is 8.06. The molecule has 0 saturated carbocycles. The highest BCUT2D eigenvalue weighted by Crippen LogP contribution is 2.41. The number of benzene rings is 1. The van der Waals surface area contributed by atoms with E-state index in [1.807, 2.05) is 0 Å². The lowest BCUT2D eigenvalue weighted by atomic mass is 9.93. The predicted molar refractivity (Wildman–Crippen MR) is 73.2 cm³/mol. The number of fused-ring (bicyclic) bond motifs is 2. The van der Waals surface area contributed by atoms with Crippen LogP contribution in [0.1, 0.15) is 31.7 Å². The third-order valence-corrected chi connectivity index (χ3v) is 4.74. The van der Waals surface area contributed by atoms with Crippen molar-refractivity contribution in [1.82, 2.24) is 0 Å². The molecule has 98 valence electrons. The van der Waals surface area contributed by atoms with Gasteiger partial charge in [0.25, 0.3) is 0 Å². The summed E-state index contributed by atoms with van der Waals surface area (Å²) < 4.78 is 7.36. The molecule has 2 atom stereocenters. The van der Waals surface area contributed by atoms with Crippen molar-refractivity contribution in [3.05, 3.63) is 35.9 Å². The van der Waals surface area contributed by atoms with Crippen molar-refractivity contribution < 1.29 is 9.22 Å². The molecule has 0 amide bonds. The Hall–Kier alpha value is -0.860. The van der Waals surface area contributed by atoms with Gasteiger partial charge in [0.1, 0.15) is 18.7 Å². The molecule has 3 rings (SSSR count). The Morgan fingerprint density at radius 1 is 1.17 bits per heavy atom. The monoisotopic (exact) mass is 246 g/mol. The third kappa shape index (κ3) is 2.19. The van der Waals surface area contributed by atoms with E-state index >= 15 is 0 Å². The Morgan fingerprint density at radius 2 is 2.00 bits per heavy atom. The second-order valence-corrected chi connectivity index (χ2v) is 6.06. The van der Waals surface area contributed by atoms with Crippen molar-refractivity contribution >= 4 is 0 Å². The minimum atomic E-state index is 0.210. The van der Waals surface area contributed by atoms with Crippen LogP contribution in [0.15, 0.2) is 30.3 Å². The fourth-order valence-electron chi connectivity index (χ4n) is 4.02. The Balaban J connectivity index is 1.76. The van der Waals surface area contributed by atoms with Gasteiger partial charge in [0.15, 0.2) is 0 Å². The first-order chi connectivity index (χ1) is 8.76. The highest BCUT2D eigenvalue weighted by Gasteiger charge is 2.52. The number of rotatable bonds is 4. The molecule has 0 radical (unpaired) electrons. The van der Waals surface area contributed by atoms with Crippen LogP contribution in [0.5, 0.6) is 0 Å². The molecule has 2 heterocycles. The zero-order valence-electron chi connectivity index (χ0n) is 11.4. The maximum absolute atomic E-state index is 6.11. The topological polar surface area (TPSA) is 9.23 Å². The molecular formula is C16H24NO+. The molecule has 0 aromatic heterocycles. The van der Waals surface area contributed by atoms with E-state index in [0.717, 1.165) is 6.61 Å². The highest BCUT2D eigenvalue weighted by molar-refractivity contribution is 5.13. The third-order valence-electron chi connectivity index (χ3n) is 4.74. The average molecular weight is 246 g/mol. The number of ether oxygens (including phenoxy) is 1. The van der Waals surface area contributed by atoms with Crippen molar-refractivity contribution in [2.75, 3.05) is 26.2 Å². The lowest BCUT2D eigenvalue weighted by molar-refractivity contribution is -0.936. The molecule has 2 unspecified atom stereocenters. The van der Waals surface area contributed by atoms with Crippen molar-refractivity contribution in [2.24, 2.45) is 0 Å². The number of piperidine rings is 1. The second-order valence-electron chi connectivity index (χ2n) is 6.06. The fraction of sp³-hybridized carbons (Fsp3) is 0.625. The van der Waals surface area contributed by atoms with E-state index in [9.17, 15) is 0 Å². The van der Waals surface area contributed by atoms with Gasteiger partial charge in [-0.25, -0.2) is 0 Å². The molecule has 2 aliphatic heterocycles. The molecule has 2 aliphatic rings. The van der Waals surface area contributed by atoms with E-state index in [1.165, 1.54) is 55.5 Å². The molecule has 0 N–H and O–H groups in total. The molecule has 2 heteroatoms. The van der Waals surface area contributed by atoms with Gasteiger partial charge in [-0.3, -0.25) is 0 Å². The van der Waals surface area contributed by atoms with Crippen LogP contribution in [0.25, 0.3) is 0 Å². The molecule has 2 fully saturated rings. The summed E-state index contributed by atoms with van der Waals surface area (Å²) in [7, 11) is 0. The average Bonchev–Trinajstić information content (AvgIpc) is 2.62. The van der Waals surface area contributed by atoms with Crippen molar-refractivity contribution in [1.29, 1.82) is 0 Å². The van der Waals surface area contributed by atoms with Gasteiger partial charge in [-0.2, -0.15) is 0 Å². The molecule has 1 aromatic rings. The van der Waals surface area contributed by atoms with E-state index in [0.29, 0.717) is 0 Å². The summed E-state index contributed by atoms with van der Waals surface area (Å²) >= 11 is 0. The fourth-order valence-corrected chi connectivity index (χ4v) is 4.02. The van der Waals surface area contributed by atoms with Gasteiger partial charge >= 0.3 is 0 Å². The Labute approximate surface area is 110 Å². The standard InChI is InChI=1S/C16H24NO/c1-2-18-16-9-6-11-17(14-16,12-10-16)13-15-7-4-3-5-8-15/h3-5,7-8H,2,6,9-14H2,1H3/q+1. The minimum absolute atomic E-state index is 0.210. The Kier molecular flexibility index (Phi) is 3.16. The smallest absolute Gasteiger partial charge is 0.122 e. The number of hydrogen-bond donors (Lipinski definition) is 0. The normalized spacial score (nSPS) is 34.7. The van der Waals surface area contributed by atoms with Gasteiger partial charge in [-0.15, -0.1) is 0 Å². The zero-order chi connectivity index (χ0) is 12.5. The maximum Gasteiger partial charge on any atom is 0.122 e. The Morgan fingerprint density at radius 3 is 2.78 bits per heavy atom. The van der Waals surface area contributed by atoms with Crippen LogP contribution < -0.4 is 0 Å². The summed E-state index contributed by atoms with van der Waals surface area (Å²) in [5.74, 6) is 0. The lowest BCUT2D eigenvalue weighted by Gasteiger charge is -2.41. The van der Waals surface area contributed by atoms with E-state index in [-0.39, 0.29) is 5.60 Å². The van der Waals surface area contributed by atoms with Crippen LogP contribution >= 0.6 is 0 Å². The molecular weight excluding hydrogens is 222 g/mol. The summed E-state index contributed by atoms with van der Waals surface area (Å²) in [4.78, 5) is 0. The maximum atomic E-state index is 6.11. The second kappa shape index (κ2) is 4.67. The van der Waals surface area contributed by atoms with Gasteiger partial charge in [0.2, 0.25) is 0 Å². The molecule has 2 saturated heterocycles. The largest absolute Gasteiger partial charge is 0.369 e. The Bertz CT molecular complexity index is 401. The first-order valence-corrected chi connectivity index (χ1v) is 7.29. The molecule has 2 nitrogen and oxygen atoms in total. The van der Waals surface area contributed by atoms with E-state index in [1.54, 1.807) is 0 Å². The molecule has 1 aromatic carbocycles. The van der Waals surface area contributed by atoms with E-state index in [4.69, 9.17) is 4.74 Å². The van der Waals surface area contributed by atoms with Gasteiger partial charge in [0, 0.05) is 18.6 Å². The van der Waals surface area contributed by atoms with Crippen LogP contribution in [0.2, 0.25) is 0 Å². The quantitative estimate of drug-likeness (QED) is 0.742. The number of nitrogens with zero attached hydrogens (tertiary/aromatic N) is 1. The summed E-state index contributed by atoms with van der Waals surface area (Å²) in [5, 5.41) is 0. The van der Waals surface area contributed by atoms with Crippen molar-refractivity contribution in [2.45, 2.75) is 38.3 Å². The van der Waals surface area contributed by atoms with E-state index < -0.39 is 0 Å². The SMILES string of the molecule is CCOC12CCC[N+](Cc3ccccc3)(CC1)C2. The summed E-state index contributed by atoms with van der Waals surface area (Å²) in [6.07, 6.45) is 3.86. The van der Waals surface area contributed by atoms with Gasteiger partial charge in [-0.05, 0) is 19.8 Å². The van der Waals surface area contributed by atoms with Gasteiger partial charge in [-0.1, -0.05) is 30.3 Å². The van der Waals surface area contributed by atoms with Crippen LogP contribution in [-0.2, 0) is 11.3 Å². The zero-order valence-corrected chi connectivity index (χ0v) is 11.4. The van der Waals surface area contributed by atoms with Gasteiger partial charge < -0.3 is 9.22 Å². The molecule has 0 aliphatic carbocycles. The summed E-state index contributed by atoms with van der Waals surface area (Å²) in [6, 6.07) is 11.0. The minimum Gasteiger partial charge on any atom is -0.369 e. The predicted octanol–water partition coefficient (Wildman–Crippen LogP) is 2.98. The highest BCUT2D eigenvalue weighted by atomic mass is 16.5. The van der Waals surface area contributed by atoms with Crippen LogP contribution in [0, 0.1) is 0 Å². The summed E-state index contributed by atoms with van der Waals surface area (Å²) in [5.41, 5.74) is 1.69. The van der Waals surface area contributed by atoms with Crippen LogP contribution in [-0.4, -0.2) is 36.3 Å². The van der Waals surface area contributed by atoms with E-state index in [2.05, 4.69) is 37.3 Å². The van der Waals surface area contributed by atoms with Crippen LogP contribution in [0.4, 0.5) is 0 Å². The number of hydrogen-bond acceptors (Lipinski definition) is 1.